The van der Waals surface area contributed by atoms with E-state index < -0.39 is 27.9 Å². The van der Waals surface area contributed by atoms with Gasteiger partial charge in [-0.05, 0) is 17.9 Å². The zero-order valence-corrected chi connectivity index (χ0v) is 12.5. The summed E-state index contributed by atoms with van der Waals surface area (Å²) < 4.78 is 25.9. The summed E-state index contributed by atoms with van der Waals surface area (Å²) in [7, 11) is -3.59. The van der Waals surface area contributed by atoms with E-state index >= 15 is 0 Å². The first-order chi connectivity index (χ1) is 9.36. The molecule has 1 heterocycles. The second-order valence-electron chi connectivity index (χ2n) is 3.95. The van der Waals surface area contributed by atoms with Crippen molar-refractivity contribution < 1.29 is 23.1 Å². The van der Waals surface area contributed by atoms with E-state index in [1.54, 1.807) is 18.4 Å². The zero-order valence-electron chi connectivity index (χ0n) is 10.8. The van der Waals surface area contributed by atoms with E-state index in [2.05, 4.69) is 10.0 Å². The first-order valence-corrected chi connectivity index (χ1v) is 8.28. The van der Waals surface area contributed by atoms with Crippen LogP contribution in [0.15, 0.2) is 21.7 Å². The number of nitrogens with one attached hydrogen (secondary N) is 2. The summed E-state index contributed by atoms with van der Waals surface area (Å²) in [6, 6.07) is 2.13. The van der Waals surface area contributed by atoms with Crippen LogP contribution >= 0.6 is 11.3 Å². The van der Waals surface area contributed by atoms with Gasteiger partial charge in [0.15, 0.2) is 0 Å². The molecule has 20 heavy (non-hydrogen) atoms. The van der Waals surface area contributed by atoms with Gasteiger partial charge in [0.25, 0.3) is 0 Å². The highest BCUT2D eigenvalue weighted by atomic mass is 32.2. The molecule has 0 aromatic carbocycles. The molecule has 0 spiro atoms. The highest BCUT2D eigenvalue weighted by Gasteiger charge is 2.18. The largest absolute Gasteiger partial charge is 0.480 e. The number of carboxylic acids is 1. The van der Waals surface area contributed by atoms with Gasteiger partial charge in [-0.3, -0.25) is 4.79 Å². The average Bonchev–Trinajstić information content (AvgIpc) is 2.89. The van der Waals surface area contributed by atoms with Gasteiger partial charge in [-0.2, -0.15) is 0 Å². The smallest absolute Gasteiger partial charge is 0.326 e. The summed E-state index contributed by atoms with van der Waals surface area (Å²) in [5.74, 6) is -1.62. The van der Waals surface area contributed by atoms with Crippen LogP contribution in [0.4, 0.5) is 0 Å². The number of carbonyl (C=O) groups excluding carboxylic acids is 1. The van der Waals surface area contributed by atoms with Crippen LogP contribution in [0.5, 0.6) is 0 Å². The maximum atomic E-state index is 11.7. The molecule has 0 radical (unpaired) electrons. The molecule has 1 rings (SSSR count). The van der Waals surface area contributed by atoms with Gasteiger partial charge in [-0.1, -0.05) is 13.0 Å². The minimum Gasteiger partial charge on any atom is -0.480 e. The number of thiophene rings is 1. The summed E-state index contributed by atoms with van der Waals surface area (Å²) in [5, 5.41) is 12.7. The molecule has 1 atom stereocenters. The van der Waals surface area contributed by atoms with Crippen molar-refractivity contribution >= 4 is 33.2 Å². The molecule has 1 amide bonds. The second kappa shape index (κ2) is 7.36. The highest BCUT2D eigenvalue weighted by Crippen LogP contribution is 2.14. The van der Waals surface area contributed by atoms with E-state index in [0.29, 0.717) is 0 Å². The fourth-order valence-electron chi connectivity index (χ4n) is 1.39. The number of rotatable bonds is 8. The lowest BCUT2D eigenvalue weighted by Crippen LogP contribution is -2.41. The summed E-state index contributed by atoms with van der Waals surface area (Å²) >= 11 is 1.08. The van der Waals surface area contributed by atoms with Crippen LogP contribution in [0.2, 0.25) is 0 Å². The second-order valence-corrected chi connectivity index (χ2v) is 6.89. The molecule has 9 heteroatoms. The Morgan fingerprint density at radius 3 is 2.65 bits per heavy atom. The minimum absolute atomic E-state index is 0.0812. The average molecular weight is 320 g/mol. The number of aliphatic carboxylic acids is 1. The third kappa shape index (κ3) is 4.91. The Kier molecular flexibility index (Phi) is 6.11. The standard InChI is InChI=1S/C11H16N2O5S2/c1-2-8(11(15)16)13-9(14)5-6-12-20(17,18)10-4-3-7-19-10/h3-4,7-8,12H,2,5-6H2,1H3,(H,13,14)(H,15,16). The lowest BCUT2D eigenvalue weighted by molar-refractivity contribution is -0.141. The van der Waals surface area contributed by atoms with Crippen molar-refractivity contribution in [2.75, 3.05) is 6.54 Å². The first kappa shape index (κ1) is 16.6. The van der Waals surface area contributed by atoms with Gasteiger partial charge in [-0.15, -0.1) is 11.3 Å². The molecule has 1 aromatic heterocycles. The maximum absolute atomic E-state index is 11.7. The van der Waals surface area contributed by atoms with Gasteiger partial charge in [0, 0.05) is 13.0 Å². The van der Waals surface area contributed by atoms with Gasteiger partial charge in [0.05, 0.1) is 0 Å². The minimum atomic E-state index is -3.59. The van der Waals surface area contributed by atoms with Gasteiger partial charge < -0.3 is 10.4 Å². The molecule has 3 N–H and O–H groups in total. The predicted octanol–water partition coefficient (Wildman–Crippen LogP) is 0.396. The van der Waals surface area contributed by atoms with Crippen molar-refractivity contribution in [2.45, 2.75) is 30.0 Å². The Morgan fingerprint density at radius 2 is 2.15 bits per heavy atom. The van der Waals surface area contributed by atoms with Crippen molar-refractivity contribution in [3.63, 3.8) is 0 Å². The number of sulfonamides is 1. The number of carbonyl (C=O) groups is 2. The van der Waals surface area contributed by atoms with Gasteiger partial charge in [-0.25, -0.2) is 17.9 Å². The normalized spacial score (nSPS) is 12.8. The van der Waals surface area contributed by atoms with Crippen LogP contribution in [0.3, 0.4) is 0 Å². The van der Waals surface area contributed by atoms with E-state index in [-0.39, 0.29) is 23.6 Å². The summed E-state index contributed by atoms with van der Waals surface area (Å²) in [6.45, 7) is 1.56. The van der Waals surface area contributed by atoms with Crippen LogP contribution in [0, 0.1) is 0 Å². The topological polar surface area (TPSA) is 113 Å². The third-order valence-corrected chi connectivity index (χ3v) is 5.30. The molecule has 0 saturated heterocycles. The Morgan fingerprint density at radius 1 is 1.45 bits per heavy atom. The van der Waals surface area contributed by atoms with E-state index in [4.69, 9.17) is 5.11 Å². The van der Waals surface area contributed by atoms with E-state index in [1.807, 2.05) is 0 Å². The van der Waals surface area contributed by atoms with Gasteiger partial charge in [0.2, 0.25) is 15.9 Å². The molecular weight excluding hydrogens is 304 g/mol. The van der Waals surface area contributed by atoms with Crippen molar-refractivity contribution in [3.8, 4) is 0 Å². The number of amides is 1. The van der Waals surface area contributed by atoms with E-state index in [1.165, 1.54) is 6.07 Å². The molecule has 0 bridgehead atoms. The molecule has 1 unspecified atom stereocenters. The van der Waals surface area contributed by atoms with Gasteiger partial charge in [0.1, 0.15) is 10.3 Å². The fourth-order valence-corrected chi connectivity index (χ4v) is 3.46. The molecule has 0 aliphatic carbocycles. The Hall–Kier alpha value is -1.45. The van der Waals surface area contributed by atoms with Crippen LogP contribution in [-0.2, 0) is 19.6 Å². The van der Waals surface area contributed by atoms with Crippen molar-refractivity contribution in [2.24, 2.45) is 0 Å². The number of hydrogen-bond donors (Lipinski definition) is 3. The molecular formula is C11H16N2O5S2. The third-order valence-electron chi connectivity index (χ3n) is 2.45. The Bertz CT molecular complexity index is 553. The SMILES string of the molecule is CCC(NC(=O)CCNS(=O)(=O)c1cccs1)C(=O)O. The fraction of sp³-hybridized carbons (Fsp3) is 0.455. The maximum Gasteiger partial charge on any atom is 0.326 e. The van der Waals surface area contributed by atoms with Crippen LogP contribution in [-0.4, -0.2) is 38.0 Å². The first-order valence-electron chi connectivity index (χ1n) is 5.92. The van der Waals surface area contributed by atoms with Gasteiger partial charge >= 0.3 is 5.97 Å². The molecule has 7 nitrogen and oxygen atoms in total. The van der Waals surface area contributed by atoms with Crippen LogP contribution in [0.1, 0.15) is 19.8 Å². The molecule has 0 aliphatic heterocycles. The molecule has 0 fully saturated rings. The van der Waals surface area contributed by atoms with Crippen molar-refractivity contribution in [3.05, 3.63) is 17.5 Å². The van der Waals surface area contributed by atoms with E-state index in [9.17, 15) is 18.0 Å². The number of carboxylic acid groups (broad SMARTS) is 1. The summed E-state index contributed by atoms with van der Waals surface area (Å²) in [5.41, 5.74) is 0. The van der Waals surface area contributed by atoms with E-state index in [0.717, 1.165) is 11.3 Å². The molecule has 1 aromatic rings. The monoisotopic (exact) mass is 320 g/mol. The summed E-state index contributed by atoms with van der Waals surface area (Å²) in [6.07, 6.45) is 0.149. The zero-order chi connectivity index (χ0) is 15.2. The lowest BCUT2D eigenvalue weighted by Gasteiger charge is -2.12. The Balaban J connectivity index is 2.41. The Labute approximate surface area is 121 Å². The molecule has 0 saturated carbocycles. The quantitative estimate of drug-likeness (QED) is 0.641. The lowest BCUT2D eigenvalue weighted by atomic mass is 10.2. The van der Waals surface area contributed by atoms with Crippen LogP contribution < -0.4 is 10.0 Å². The predicted molar refractivity (Wildman–Crippen MR) is 74.0 cm³/mol. The molecule has 0 aliphatic rings. The number of hydrogen-bond acceptors (Lipinski definition) is 5. The summed E-state index contributed by atoms with van der Waals surface area (Å²) in [4.78, 5) is 22.2. The molecule has 112 valence electrons. The van der Waals surface area contributed by atoms with Crippen molar-refractivity contribution in [1.29, 1.82) is 0 Å². The highest BCUT2D eigenvalue weighted by molar-refractivity contribution is 7.91. The van der Waals surface area contributed by atoms with Crippen molar-refractivity contribution in [1.82, 2.24) is 10.0 Å². The van der Waals surface area contributed by atoms with Crippen LogP contribution in [0.25, 0.3) is 0 Å².